The monoisotopic (exact) mass is 444 g/mol. The molecule has 8 heteroatoms. The number of carbonyl (C=O) groups excluding carboxylic acids is 3. The number of ether oxygens (including phenoxy) is 1. The molecule has 1 aliphatic heterocycles. The third-order valence-corrected chi connectivity index (χ3v) is 8.00. The van der Waals surface area contributed by atoms with E-state index in [0.29, 0.717) is 23.5 Å². The van der Waals surface area contributed by atoms with Crippen molar-refractivity contribution in [2.75, 3.05) is 13.2 Å². The second-order valence-electron chi connectivity index (χ2n) is 10.5. The molecule has 1 aromatic rings. The largest absolute Gasteiger partial charge is 0.467 e. The lowest BCUT2D eigenvalue weighted by Gasteiger charge is -2.56. The van der Waals surface area contributed by atoms with Gasteiger partial charge in [0.15, 0.2) is 6.61 Å². The predicted molar refractivity (Wildman–Crippen MR) is 113 cm³/mol. The summed E-state index contributed by atoms with van der Waals surface area (Å²) in [4.78, 5) is 40.3. The Morgan fingerprint density at radius 2 is 1.84 bits per heavy atom. The minimum atomic E-state index is -0.833. The van der Waals surface area contributed by atoms with Crippen LogP contribution in [0.3, 0.4) is 0 Å². The van der Waals surface area contributed by atoms with Gasteiger partial charge in [-0.3, -0.25) is 9.59 Å². The lowest BCUT2D eigenvalue weighted by atomic mass is 9.49. The number of amides is 2. The van der Waals surface area contributed by atoms with Gasteiger partial charge in [-0.2, -0.15) is 0 Å². The van der Waals surface area contributed by atoms with Crippen molar-refractivity contribution in [2.45, 2.75) is 70.1 Å². The maximum absolute atomic E-state index is 13.7. The van der Waals surface area contributed by atoms with E-state index in [2.05, 4.69) is 5.32 Å². The van der Waals surface area contributed by atoms with E-state index in [1.165, 1.54) is 25.5 Å². The van der Waals surface area contributed by atoms with Gasteiger partial charge in [0.25, 0.3) is 5.91 Å². The van der Waals surface area contributed by atoms with Gasteiger partial charge in [-0.1, -0.05) is 0 Å². The van der Waals surface area contributed by atoms with Gasteiger partial charge < -0.3 is 24.5 Å². The van der Waals surface area contributed by atoms with Crippen molar-refractivity contribution in [1.82, 2.24) is 10.2 Å². The summed E-state index contributed by atoms with van der Waals surface area (Å²) in [6.07, 6.45) is 7.32. The van der Waals surface area contributed by atoms with Crippen LogP contribution in [0.1, 0.15) is 63.7 Å². The van der Waals surface area contributed by atoms with Crippen LogP contribution >= 0.6 is 0 Å². The Bertz CT molecular complexity index is 846. The summed E-state index contributed by atoms with van der Waals surface area (Å²) in [5.41, 5.74) is -0.382. The number of rotatable bonds is 6. The number of likely N-dealkylation sites (tertiary alicyclic amines) is 1. The lowest BCUT2D eigenvalue weighted by Crippen LogP contribution is -2.56. The molecule has 6 rings (SSSR count). The molecular weight excluding hydrogens is 412 g/mol. The van der Waals surface area contributed by atoms with E-state index < -0.39 is 30.6 Å². The molecule has 0 aromatic carbocycles. The van der Waals surface area contributed by atoms with E-state index in [0.717, 1.165) is 19.3 Å². The van der Waals surface area contributed by atoms with Crippen molar-refractivity contribution in [1.29, 1.82) is 0 Å². The van der Waals surface area contributed by atoms with Gasteiger partial charge in [-0.15, -0.1) is 0 Å². The molecule has 2 amide bonds. The van der Waals surface area contributed by atoms with Crippen LogP contribution in [0.25, 0.3) is 0 Å². The molecule has 4 aliphatic carbocycles. The van der Waals surface area contributed by atoms with Crippen LogP contribution in [0.4, 0.5) is 0 Å². The topological polar surface area (TPSA) is 109 Å². The summed E-state index contributed by atoms with van der Waals surface area (Å²) in [7, 11) is 0. The van der Waals surface area contributed by atoms with Crippen LogP contribution in [0.5, 0.6) is 0 Å². The molecule has 8 nitrogen and oxygen atoms in total. The molecule has 5 aliphatic rings. The molecule has 2 N–H and O–H groups in total. The van der Waals surface area contributed by atoms with E-state index >= 15 is 0 Å². The van der Waals surface area contributed by atoms with Crippen molar-refractivity contribution < 1.29 is 28.6 Å². The summed E-state index contributed by atoms with van der Waals surface area (Å²) in [5.74, 6) is 1.39. The molecule has 3 atom stereocenters. The number of aliphatic hydroxyl groups excluding tert-OH is 1. The van der Waals surface area contributed by atoms with E-state index in [1.54, 1.807) is 24.0 Å². The fraction of sp³-hybridized carbons (Fsp3) is 0.708. The van der Waals surface area contributed by atoms with Crippen LogP contribution in [0, 0.1) is 23.2 Å². The van der Waals surface area contributed by atoms with E-state index in [1.807, 2.05) is 0 Å². The van der Waals surface area contributed by atoms with Gasteiger partial charge >= 0.3 is 5.97 Å². The highest BCUT2D eigenvalue weighted by Crippen LogP contribution is 2.60. The zero-order valence-electron chi connectivity index (χ0n) is 18.5. The number of hydrogen-bond acceptors (Lipinski definition) is 6. The second-order valence-corrected chi connectivity index (χ2v) is 10.5. The Balaban J connectivity index is 1.20. The minimum Gasteiger partial charge on any atom is -0.467 e. The Kier molecular flexibility index (Phi) is 5.51. The first-order valence-corrected chi connectivity index (χ1v) is 11.8. The first-order chi connectivity index (χ1) is 15.3. The molecule has 5 fully saturated rings. The third-order valence-electron chi connectivity index (χ3n) is 8.00. The summed E-state index contributed by atoms with van der Waals surface area (Å²) in [6, 6.07) is 2.31. The normalized spacial score (nSPS) is 36.2. The smallest absolute Gasteiger partial charge is 0.329 e. The zero-order valence-corrected chi connectivity index (χ0v) is 18.5. The Morgan fingerprint density at radius 3 is 2.44 bits per heavy atom. The molecule has 2 heterocycles. The van der Waals surface area contributed by atoms with Gasteiger partial charge in [0.05, 0.1) is 23.8 Å². The van der Waals surface area contributed by atoms with Gasteiger partial charge in [0.2, 0.25) is 5.91 Å². The highest BCUT2D eigenvalue weighted by molar-refractivity contribution is 5.90. The average Bonchev–Trinajstić information content (AvgIpc) is 3.40. The highest BCUT2D eigenvalue weighted by Gasteiger charge is 2.57. The van der Waals surface area contributed by atoms with Crippen LogP contribution in [0.2, 0.25) is 0 Å². The average molecular weight is 445 g/mol. The van der Waals surface area contributed by atoms with Gasteiger partial charge in [0.1, 0.15) is 11.8 Å². The fourth-order valence-electron chi connectivity index (χ4n) is 7.06. The molecule has 1 saturated heterocycles. The number of hydrogen-bond donors (Lipinski definition) is 2. The van der Waals surface area contributed by atoms with Crippen LogP contribution < -0.4 is 5.32 Å². The molecule has 174 valence electrons. The first-order valence-electron chi connectivity index (χ1n) is 11.8. The molecular formula is C24H32N2O6. The lowest BCUT2D eigenvalue weighted by molar-refractivity contribution is -0.166. The molecule has 0 radical (unpaired) electrons. The van der Waals surface area contributed by atoms with Crippen molar-refractivity contribution >= 4 is 17.8 Å². The number of carbonyl (C=O) groups is 3. The first kappa shape index (κ1) is 21.5. The van der Waals surface area contributed by atoms with Crippen LogP contribution in [-0.2, 0) is 19.1 Å². The number of furan rings is 1. The summed E-state index contributed by atoms with van der Waals surface area (Å²) >= 11 is 0. The molecule has 4 bridgehead atoms. The third kappa shape index (κ3) is 3.93. The Morgan fingerprint density at radius 1 is 1.19 bits per heavy atom. The molecule has 0 unspecified atom stereocenters. The predicted octanol–water partition coefficient (Wildman–Crippen LogP) is 2.18. The van der Waals surface area contributed by atoms with Crippen LogP contribution in [-0.4, -0.2) is 53.1 Å². The number of nitrogens with one attached hydrogen (secondary N) is 1. The Labute approximate surface area is 187 Å². The number of nitrogens with zero attached hydrogens (tertiary/aromatic N) is 1. The zero-order chi connectivity index (χ0) is 22.5. The second kappa shape index (κ2) is 8.21. The molecule has 1 aromatic heterocycles. The fourth-order valence-corrected chi connectivity index (χ4v) is 7.06. The minimum absolute atomic E-state index is 0.00555. The van der Waals surface area contributed by atoms with Gasteiger partial charge in [-0.05, 0) is 75.3 Å². The molecule has 4 saturated carbocycles. The van der Waals surface area contributed by atoms with E-state index in [9.17, 15) is 19.5 Å². The van der Waals surface area contributed by atoms with Crippen molar-refractivity contribution in [2.24, 2.45) is 23.2 Å². The summed E-state index contributed by atoms with van der Waals surface area (Å²) < 4.78 is 10.5. The number of esters is 1. The maximum Gasteiger partial charge on any atom is 0.329 e. The SMILES string of the molecule is C[C@H](NC(=O)COC(=O)[C@H]1C[C@H](O)CN1C(=O)C12CC3CC(CC(C3)C1)C2)c1ccco1. The molecule has 32 heavy (non-hydrogen) atoms. The van der Waals surface area contributed by atoms with E-state index in [-0.39, 0.29) is 30.3 Å². The number of aliphatic hydroxyl groups is 1. The van der Waals surface area contributed by atoms with Crippen molar-refractivity contribution in [3.8, 4) is 0 Å². The summed E-state index contributed by atoms with van der Waals surface area (Å²) in [5, 5.41) is 13.0. The quantitative estimate of drug-likeness (QED) is 0.651. The van der Waals surface area contributed by atoms with Crippen molar-refractivity contribution in [3.63, 3.8) is 0 Å². The molecule has 0 spiro atoms. The maximum atomic E-state index is 13.7. The highest BCUT2D eigenvalue weighted by atomic mass is 16.5. The number of β-amino-alcohol motifs (C(OH)–C–C–N with tert-alkyl or cyclic N) is 1. The standard InChI is InChI=1S/C24H32N2O6/c1-14(20-3-2-4-31-20)25-21(28)13-32-22(29)19-8-18(27)12-26(19)23(30)24-9-15-5-16(10-24)7-17(6-15)11-24/h2-4,14-19,27H,5-13H2,1H3,(H,25,28)/t14-,15?,16?,17?,18-,19+,24?/m0/s1. The Hall–Kier alpha value is -2.35. The van der Waals surface area contributed by atoms with Gasteiger partial charge in [0, 0.05) is 13.0 Å². The van der Waals surface area contributed by atoms with Crippen molar-refractivity contribution in [3.05, 3.63) is 24.2 Å². The van der Waals surface area contributed by atoms with E-state index in [4.69, 9.17) is 9.15 Å². The summed E-state index contributed by atoms with van der Waals surface area (Å²) in [6.45, 7) is 1.50. The van der Waals surface area contributed by atoms with Gasteiger partial charge in [-0.25, -0.2) is 4.79 Å². The van der Waals surface area contributed by atoms with Crippen LogP contribution in [0.15, 0.2) is 22.8 Å².